The molecule has 0 bridgehead atoms. The Morgan fingerprint density at radius 1 is 1.32 bits per heavy atom. The Bertz CT molecular complexity index is 639. The molecule has 0 saturated heterocycles. The van der Waals surface area contributed by atoms with E-state index in [9.17, 15) is 0 Å². The first-order chi connectivity index (χ1) is 9.13. The van der Waals surface area contributed by atoms with E-state index in [1.165, 1.54) is 11.8 Å². The Morgan fingerprint density at radius 2 is 2.00 bits per heavy atom. The van der Waals surface area contributed by atoms with Gasteiger partial charge in [0.2, 0.25) is 0 Å². The fourth-order valence-corrected chi connectivity index (χ4v) is 2.35. The van der Waals surface area contributed by atoms with Crippen LogP contribution in [-0.2, 0) is 0 Å². The second-order valence-corrected chi connectivity index (χ2v) is 5.85. The van der Waals surface area contributed by atoms with Crippen LogP contribution >= 0.6 is 46.0 Å². The number of nitrogens with zero attached hydrogens (tertiary/aromatic N) is 3. The Morgan fingerprint density at radius 3 is 2.58 bits per heavy atom. The number of rotatable bonds is 3. The van der Waals surface area contributed by atoms with Crippen molar-refractivity contribution < 1.29 is 0 Å². The van der Waals surface area contributed by atoms with Crippen molar-refractivity contribution in [2.75, 3.05) is 11.6 Å². The molecule has 0 amide bonds. The van der Waals surface area contributed by atoms with Crippen LogP contribution in [0, 0.1) is 14.9 Å². The van der Waals surface area contributed by atoms with Crippen LogP contribution in [0.3, 0.4) is 0 Å². The monoisotopic (exact) mass is 402 g/mol. The molecule has 0 radical (unpaired) electrons. The topological polar surface area (TPSA) is 61.6 Å². The van der Waals surface area contributed by atoms with E-state index in [0.29, 0.717) is 11.0 Å². The maximum absolute atomic E-state index is 9.12. The summed E-state index contributed by atoms with van der Waals surface area (Å²) in [6.45, 7) is 0. The summed E-state index contributed by atoms with van der Waals surface area (Å²) in [6.07, 6.45) is 1.85. The fourth-order valence-electron chi connectivity index (χ4n) is 1.36. The summed E-state index contributed by atoms with van der Waals surface area (Å²) in [5, 5.41) is 12.9. The van der Waals surface area contributed by atoms with E-state index in [1.54, 1.807) is 0 Å². The van der Waals surface area contributed by atoms with E-state index in [0.717, 1.165) is 9.26 Å². The standard InChI is InChI=1S/C12H8ClIN4S/c1-19-12-17-10(13)9(6-15)11(18-12)16-8-4-2-7(14)3-5-8/h2-5H,1H3,(H,16,17,18). The van der Waals surface area contributed by atoms with Crippen molar-refractivity contribution in [2.45, 2.75) is 5.16 Å². The smallest absolute Gasteiger partial charge is 0.190 e. The predicted molar refractivity (Wildman–Crippen MR) is 86.0 cm³/mol. The van der Waals surface area contributed by atoms with Gasteiger partial charge >= 0.3 is 0 Å². The highest BCUT2D eigenvalue weighted by Gasteiger charge is 2.12. The number of thioether (sulfide) groups is 1. The van der Waals surface area contributed by atoms with Crippen molar-refractivity contribution in [3.63, 3.8) is 0 Å². The molecule has 0 aliphatic rings. The van der Waals surface area contributed by atoms with Gasteiger partial charge in [0.25, 0.3) is 0 Å². The minimum atomic E-state index is 0.162. The van der Waals surface area contributed by atoms with Crippen LogP contribution in [0.1, 0.15) is 5.56 Å². The third-order valence-corrected chi connectivity index (χ3v) is 3.79. The van der Waals surface area contributed by atoms with E-state index >= 15 is 0 Å². The van der Waals surface area contributed by atoms with E-state index in [1.807, 2.05) is 36.6 Å². The van der Waals surface area contributed by atoms with Crippen molar-refractivity contribution in [3.05, 3.63) is 38.6 Å². The summed E-state index contributed by atoms with van der Waals surface area (Å²) < 4.78 is 1.13. The van der Waals surface area contributed by atoms with Gasteiger partial charge in [-0.2, -0.15) is 5.26 Å². The van der Waals surface area contributed by atoms with Crippen molar-refractivity contribution >= 4 is 57.5 Å². The van der Waals surface area contributed by atoms with Gasteiger partial charge < -0.3 is 5.32 Å². The minimum absolute atomic E-state index is 0.162. The van der Waals surface area contributed by atoms with Crippen LogP contribution in [0.15, 0.2) is 29.4 Å². The molecule has 4 nitrogen and oxygen atoms in total. The van der Waals surface area contributed by atoms with Crippen LogP contribution in [0.4, 0.5) is 11.5 Å². The lowest BCUT2D eigenvalue weighted by molar-refractivity contribution is 0.969. The van der Waals surface area contributed by atoms with Gasteiger partial charge in [-0.1, -0.05) is 23.4 Å². The summed E-state index contributed by atoms with van der Waals surface area (Å²) in [5.74, 6) is 0.424. The zero-order valence-corrected chi connectivity index (χ0v) is 13.5. The van der Waals surface area contributed by atoms with Crippen molar-refractivity contribution in [1.29, 1.82) is 5.26 Å². The third kappa shape index (κ3) is 3.49. The maximum Gasteiger partial charge on any atom is 0.190 e. The molecule has 0 aliphatic carbocycles. The molecule has 1 aromatic carbocycles. The SMILES string of the molecule is CSc1nc(Cl)c(C#N)c(Nc2ccc(I)cc2)n1. The van der Waals surface area contributed by atoms with Crippen LogP contribution in [0.5, 0.6) is 0 Å². The van der Waals surface area contributed by atoms with Gasteiger partial charge in [-0.05, 0) is 53.1 Å². The van der Waals surface area contributed by atoms with Crippen molar-refractivity contribution in [1.82, 2.24) is 9.97 Å². The van der Waals surface area contributed by atoms with Gasteiger partial charge in [-0.15, -0.1) is 0 Å². The van der Waals surface area contributed by atoms with E-state index in [2.05, 4.69) is 37.9 Å². The van der Waals surface area contributed by atoms with Crippen LogP contribution in [0.25, 0.3) is 0 Å². The normalized spacial score (nSPS) is 10.0. The lowest BCUT2D eigenvalue weighted by Crippen LogP contribution is -2.01. The fraction of sp³-hybridized carbons (Fsp3) is 0.0833. The molecule has 19 heavy (non-hydrogen) atoms. The van der Waals surface area contributed by atoms with E-state index < -0.39 is 0 Å². The molecule has 2 rings (SSSR count). The van der Waals surface area contributed by atoms with E-state index in [-0.39, 0.29) is 10.7 Å². The quantitative estimate of drug-likeness (QED) is 0.363. The average molecular weight is 403 g/mol. The molecule has 1 aromatic heterocycles. The first-order valence-corrected chi connectivity index (χ1v) is 7.86. The van der Waals surface area contributed by atoms with Gasteiger partial charge in [-0.3, -0.25) is 0 Å². The summed E-state index contributed by atoms with van der Waals surface area (Å²) >= 11 is 9.58. The molecular formula is C12H8ClIN4S. The van der Waals surface area contributed by atoms with Crippen LogP contribution in [0.2, 0.25) is 5.15 Å². The van der Waals surface area contributed by atoms with Gasteiger partial charge in [0.05, 0.1) is 0 Å². The number of anilines is 2. The number of halogens is 2. The molecule has 0 spiro atoms. The molecule has 0 unspecified atom stereocenters. The molecule has 0 aliphatic heterocycles. The van der Waals surface area contributed by atoms with Gasteiger partial charge in [0.1, 0.15) is 11.6 Å². The number of aromatic nitrogens is 2. The van der Waals surface area contributed by atoms with Crippen LogP contribution < -0.4 is 5.32 Å². The highest BCUT2D eigenvalue weighted by atomic mass is 127. The van der Waals surface area contributed by atoms with Gasteiger partial charge in [0, 0.05) is 9.26 Å². The number of hydrogen-bond donors (Lipinski definition) is 1. The average Bonchev–Trinajstić information content (AvgIpc) is 2.41. The highest BCUT2D eigenvalue weighted by Crippen LogP contribution is 2.26. The van der Waals surface area contributed by atoms with Crippen LogP contribution in [-0.4, -0.2) is 16.2 Å². The molecule has 7 heteroatoms. The van der Waals surface area contributed by atoms with E-state index in [4.69, 9.17) is 16.9 Å². The number of nitrogens with one attached hydrogen (secondary N) is 1. The molecule has 2 aromatic rings. The van der Waals surface area contributed by atoms with Crippen molar-refractivity contribution in [3.8, 4) is 6.07 Å². The predicted octanol–water partition coefficient (Wildman–Crippen LogP) is 4.07. The second kappa shape index (κ2) is 6.41. The Balaban J connectivity index is 2.41. The molecule has 0 atom stereocenters. The first-order valence-electron chi connectivity index (χ1n) is 5.18. The number of benzene rings is 1. The molecule has 1 N–H and O–H groups in total. The lowest BCUT2D eigenvalue weighted by Gasteiger charge is -2.09. The second-order valence-electron chi connectivity index (χ2n) is 3.47. The minimum Gasteiger partial charge on any atom is -0.339 e. The molecule has 0 saturated carbocycles. The molecule has 0 fully saturated rings. The zero-order chi connectivity index (χ0) is 13.8. The molecule has 96 valence electrons. The summed E-state index contributed by atoms with van der Waals surface area (Å²) in [4.78, 5) is 8.30. The third-order valence-electron chi connectivity index (χ3n) is 2.25. The first kappa shape index (κ1) is 14.4. The largest absolute Gasteiger partial charge is 0.339 e. The summed E-state index contributed by atoms with van der Waals surface area (Å²) in [5.41, 5.74) is 1.09. The van der Waals surface area contributed by atoms with Gasteiger partial charge in [-0.25, -0.2) is 9.97 Å². The Kier molecular flexibility index (Phi) is 4.85. The van der Waals surface area contributed by atoms with Crippen molar-refractivity contribution in [2.24, 2.45) is 0 Å². The number of hydrogen-bond acceptors (Lipinski definition) is 5. The van der Waals surface area contributed by atoms with Gasteiger partial charge in [0.15, 0.2) is 16.1 Å². The lowest BCUT2D eigenvalue weighted by atomic mass is 10.3. The zero-order valence-electron chi connectivity index (χ0n) is 9.82. The highest BCUT2D eigenvalue weighted by molar-refractivity contribution is 14.1. The summed E-state index contributed by atoms with van der Waals surface area (Å²) in [6, 6.07) is 9.78. The Hall–Kier alpha value is -1.04. The summed E-state index contributed by atoms with van der Waals surface area (Å²) in [7, 11) is 0. The number of nitriles is 1. The maximum atomic E-state index is 9.12. The Labute approximate surface area is 133 Å². The molecule has 1 heterocycles. The molecular weight excluding hydrogens is 395 g/mol.